The van der Waals surface area contributed by atoms with E-state index < -0.39 is 17.9 Å². The highest BCUT2D eigenvalue weighted by Gasteiger charge is 2.36. The minimum Gasteiger partial charge on any atom is -0.497 e. The van der Waals surface area contributed by atoms with Crippen LogP contribution in [0.2, 0.25) is 0 Å². The number of benzene rings is 3. The van der Waals surface area contributed by atoms with Crippen molar-refractivity contribution in [2.45, 2.75) is 50.6 Å². The van der Waals surface area contributed by atoms with Crippen LogP contribution in [-0.2, 0) is 11.2 Å². The predicted octanol–water partition coefficient (Wildman–Crippen LogP) is 5.55. The Kier molecular flexibility index (Phi) is 10.9. The van der Waals surface area contributed by atoms with Gasteiger partial charge in [-0.3, -0.25) is 19.3 Å². The summed E-state index contributed by atoms with van der Waals surface area (Å²) in [5.74, 6) is -0.154. The van der Waals surface area contributed by atoms with Crippen molar-refractivity contribution in [3.05, 3.63) is 101 Å². The van der Waals surface area contributed by atoms with Gasteiger partial charge < -0.3 is 25.8 Å². The summed E-state index contributed by atoms with van der Waals surface area (Å²) in [5, 5.41) is 6.05. The smallest absolute Gasteiger partial charge is 0.273 e. The van der Waals surface area contributed by atoms with Crippen LogP contribution in [0.4, 0.5) is 11.4 Å². The molecular weight excluding hydrogens is 602 g/mol. The lowest BCUT2D eigenvalue weighted by Crippen LogP contribution is -2.44. The lowest BCUT2D eigenvalue weighted by molar-refractivity contribution is -0.122. The number of hydrogen-bond acceptors (Lipinski definition) is 8. The molecule has 0 saturated heterocycles. The van der Waals surface area contributed by atoms with Crippen molar-refractivity contribution < 1.29 is 23.9 Å². The number of nitrogens with two attached hydrogens (primary N) is 1. The quantitative estimate of drug-likeness (QED) is 0.185. The van der Waals surface area contributed by atoms with Gasteiger partial charge in [-0.15, -0.1) is 0 Å². The molecule has 46 heavy (non-hydrogen) atoms. The lowest BCUT2D eigenvalue weighted by atomic mass is 9.95. The van der Waals surface area contributed by atoms with E-state index in [1.165, 1.54) is 4.90 Å². The van der Waals surface area contributed by atoms with Gasteiger partial charge in [0.1, 0.15) is 22.4 Å². The van der Waals surface area contributed by atoms with Crippen LogP contribution in [0.25, 0.3) is 0 Å². The summed E-state index contributed by atoms with van der Waals surface area (Å²) < 4.78 is 15.0. The molecular formula is C35H39N5O5S. The number of methoxy groups -OCH3 is 2. The standard InChI is InChI=1S/C35H39N5O5S/c1-44-27-17-13-24(14-18-27)31(34(42)37-22-21-23-9-5-3-6-10-23)40(26-15-19-28(45-2)20-16-26)35(43)32-29(36)30(39-46-32)33(41)38-25-11-7-4-8-12-25/h3,5-6,9-10,13-20,25,31H,4,7-8,11-12,21-22,36H2,1-2H3,(H,37,42)(H,38,41). The molecule has 1 unspecified atom stereocenters. The Morgan fingerprint density at radius 1 is 0.913 bits per heavy atom. The van der Waals surface area contributed by atoms with Crippen LogP contribution in [0.3, 0.4) is 0 Å². The van der Waals surface area contributed by atoms with Gasteiger partial charge in [0.15, 0.2) is 5.69 Å². The Hall–Kier alpha value is -4.90. The van der Waals surface area contributed by atoms with Crippen molar-refractivity contribution >= 4 is 40.6 Å². The van der Waals surface area contributed by atoms with Crippen molar-refractivity contribution in [1.29, 1.82) is 0 Å². The summed E-state index contributed by atoms with van der Waals surface area (Å²) in [5.41, 5.74) is 8.54. The topological polar surface area (TPSA) is 136 Å². The lowest BCUT2D eigenvalue weighted by Gasteiger charge is -2.31. The summed E-state index contributed by atoms with van der Waals surface area (Å²) in [7, 11) is 3.11. The van der Waals surface area contributed by atoms with Crippen LogP contribution in [0.15, 0.2) is 78.9 Å². The second-order valence-electron chi connectivity index (χ2n) is 11.2. The molecule has 0 radical (unpaired) electrons. The summed E-state index contributed by atoms with van der Waals surface area (Å²) >= 11 is 0.847. The van der Waals surface area contributed by atoms with E-state index in [0.29, 0.717) is 35.7 Å². The molecule has 0 aliphatic heterocycles. The molecule has 11 heteroatoms. The molecule has 1 fully saturated rings. The highest BCUT2D eigenvalue weighted by molar-refractivity contribution is 7.09. The summed E-state index contributed by atoms with van der Waals surface area (Å²) in [6, 6.07) is 22.6. The minimum atomic E-state index is -1.09. The molecule has 240 valence electrons. The van der Waals surface area contributed by atoms with Gasteiger partial charge in [-0.25, -0.2) is 0 Å². The van der Waals surface area contributed by atoms with Gasteiger partial charge >= 0.3 is 0 Å². The van der Waals surface area contributed by atoms with E-state index in [1.807, 2.05) is 30.3 Å². The van der Waals surface area contributed by atoms with Crippen LogP contribution < -0.4 is 30.7 Å². The van der Waals surface area contributed by atoms with Crippen LogP contribution in [0.1, 0.15) is 69.4 Å². The number of nitrogens with zero attached hydrogens (tertiary/aromatic N) is 2. The van der Waals surface area contributed by atoms with E-state index >= 15 is 0 Å². The average Bonchev–Trinajstić information content (AvgIpc) is 3.49. The number of carbonyl (C=O) groups excluding carboxylic acids is 3. The Morgan fingerprint density at radius 2 is 1.54 bits per heavy atom. The highest BCUT2D eigenvalue weighted by Crippen LogP contribution is 2.34. The molecule has 1 aromatic heterocycles. The number of rotatable bonds is 12. The number of hydrogen-bond donors (Lipinski definition) is 3. The van der Waals surface area contributed by atoms with Gasteiger partial charge in [0.25, 0.3) is 11.8 Å². The fraction of sp³-hybridized carbons (Fsp3) is 0.314. The molecule has 3 aromatic carbocycles. The van der Waals surface area contributed by atoms with Crippen molar-refractivity contribution in [3.63, 3.8) is 0 Å². The van der Waals surface area contributed by atoms with E-state index in [4.69, 9.17) is 15.2 Å². The number of nitrogens with one attached hydrogen (secondary N) is 2. The number of carbonyl (C=O) groups is 3. The Morgan fingerprint density at radius 3 is 2.17 bits per heavy atom. The number of amides is 3. The van der Waals surface area contributed by atoms with E-state index in [0.717, 1.165) is 49.2 Å². The average molecular weight is 642 g/mol. The van der Waals surface area contributed by atoms with Crippen LogP contribution in [0.5, 0.6) is 11.5 Å². The molecule has 4 aromatic rings. The summed E-state index contributed by atoms with van der Waals surface area (Å²) in [6.07, 6.45) is 5.67. The van der Waals surface area contributed by atoms with Gasteiger partial charge in [-0.2, -0.15) is 4.37 Å². The number of nitrogen functional groups attached to an aromatic ring is 1. The van der Waals surface area contributed by atoms with E-state index in [1.54, 1.807) is 62.8 Å². The maximum Gasteiger partial charge on any atom is 0.273 e. The van der Waals surface area contributed by atoms with Crippen LogP contribution in [-0.4, -0.2) is 48.9 Å². The second kappa shape index (κ2) is 15.4. The van der Waals surface area contributed by atoms with E-state index in [-0.39, 0.29) is 28.2 Å². The molecule has 1 aliphatic carbocycles. The van der Waals surface area contributed by atoms with Crippen LogP contribution >= 0.6 is 11.5 Å². The molecule has 3 amide bonds. The molecule has 1 saturated carbocycles. The first-order valence-corrected chi connectivity index (χ1v) is 16.2. The first-order chi connectivity index (χ1) is 22.4. The molecule has 0 bridgehead atoms. The SMILES string of the molecule is COc1ccc(C(C(=O)NCCc2ccccc2)N(C(=O)c2snc(C(=O)NC3CCCCC3)c2N)c2ccc(OC)cc2)cc1. The Bertz CT molecular complexity index is 1620. The maximum atomic E-state index is 14.5. The van der Waals surface area contributed by atoms with Gasteiger partial charge in [0.05, 0.1) is 19.9 Å². The maximum absolute atomic E-state index is 14.5. The van der Waals surface area contributed by atoms with Crippen molar-refractivity contribution in [3.8, 4) is 11.5 Å². The van der Waals surface area contributed by atoms with Gasteiger partial charge in [0, 0.05) is 18.3 Å². The Labute approximate surface area is 273 Å². The zero-order chi connectivity index (χ0) is 32.5. The third kappa shape index (κ3) is 7.66. The number of anilines is 2. The molecule has 1 atom stereocenters. The zero-order valence-corrected chi connectivity index (χ0v) is 26.8. The molecule has 1 aliphatic rings. The Balaban J connectivity index is 1.50. The largest absolute Gasteiger partial charge is 0.497 e. The molecule has 10 nitrogen and oxygen atoms in total. The normalized spacial score (nSPS) is 13.8. The highest BCUT2D eigenvalue weighted by atomic mass is 32.1. The van der Waals surface area contributed by atoms with Gasteiger partial charge in [0.2, 0.25) is 5.91 Å². The second-order valence-corrected chi connectivity index (χ2v) is 11.9. The molecule has 1 heterocycles. The van der Waals surface area contributed by atoms with E-state index in [9.17, 15) is 14.4 Å². The fourth-order valence-corrected chi connectivity index (χ4v) is 6.36. The third-order valence-corrected chi connectivity index (χ3v) is 8.99. The van der Waals surface area contributed by atoms with Crippen molar-refractivity contribution in [1.82, 2.24) is 15.0 Å². The molecule has 5 rings (SSSR count). The fourth-order valence-electron chi connectivity index (χ4n) is 5.63. The predicted molar refractivity (Wildman–Crippen MR) is 180 cm³/mol. The first kappa shape index (κ1) is 32.5. The number of aromatic nitrogens is 1. The molecule has 0 spiro atoms. The van der Waals surface area contributed by atoms with Crippen molar-refractivity contribution in [2.75, 3.05) is 31.4 Å². The first-order valence-electron chi connectivity index (χ1n) is 15.4. The van der Waals surface area contributed by atoms with Crippen LogP contribution in [0, 0.1) is 0 Å². The number of ether oxygens (including phenoxy) is 2. The minimum absolute atomic E-state index is 0.0141. The zero-order valence-electron chi connectivity index (χ0n) is 26.0. The van der Waals surface area contributed by atoms with E-state index in [2.05, 4.69) is 15.0 Å². The van der Waals surface area contributed by atoms with Gasteiger partial charge in [-0.05, 0) is 78.3 Å². The summed E-state index contributed by atoms with van der Waals surface area (Å²) in [6.45, 7) is 0.355. The monoisotopic (exact) mass is 641 g/mol. The van der Waals surface area contributed by atoms with Crippen molar-refractivity contribution in [2.24, 2.45) is 0 Å². The van der Waals surface area contributed by atoms with Gasteiger partial charge in [-0.1, -0.05) is 61.7 Å². The molecule has 4 N–H and O–H groups in total. The third-order valence-electron chi connectivity index (χ3n) is 8.14. The summed E-state index contributed by atoms with van der Waals surface area (Å²) in [4.78, 5) is 43.3.